The molecule has 2 nitrogen and oxygen atoms in total. The SMILES string of the molecule is Cc1cccc2c1cc1n2-c2ccccc2C1=O. The third-order valence-corrected chi connectivity index (χ3v) is 3.69. The van der Waals surface area contributed by atoms with E-state index in [0.717, 1.165) is 27.8 Å². The van der Waals surface area contributed by atoms with Gasteiger partial charge in [0.25, 0.3) is 0 Å². The standard InChI is InChI=1S/C16H11NO/c1-10-5-4-8-14-12(10)9-15-16(18)11-6-2-3-7-13(11)17(14)15/h2-9H,1H3. The van der Waals surface area contributed by atoms with Crippen molar-refractivity contribution < 1.29 is 4.79 Å². The number of nitrogens with zero attached hydrogens (tertiary/aromatic N) is 1. The molecule has 1 aliphatic heterocycles. The van der Waals surface area contributed by atoms with Crippen LogP contribution in [-0.2, 0) is 0 Å². The summed E-state index contributed by atoms with van der Waals surface area (Å²) in [6.45, 7) is 2.08. The average molecular weight is 233 g/mol. The third-order valence-electron chi connectivity index (χ3n) is 3.69. The summed E-state index contributed by atoms with van der Waals surface area (Å²) in [6.07, 6.45) is 0. The molecular formula is C16H11NO. The monoisotopic (exact) mass is 233 g/mol. The second-order valence-corrected chi connectivity index (χ2v) is 4.72. The number of fused-ring (bicyclic) bond motifs is 5. The molecule has 0 spiro atoms. The Kier molecular flexibility index (Phi) is 1.67. The fourth-order valence-corrected chi connectivity index (χ4v) is 2.80. The van der Waals surface area contributed by atoms with Crippen LogP contribution in [0.4, 0.5) is 0 Å². The van der Waals surface area contributed by atoms with E-state index in [1.165, 1.54) is 5.56 Å². The molecule has 0 amide bonds. The Labute approximate surface area is 104 Å². The van der Waals surface area contributed by atoms with E-state index >= 15 is 0 Å². The van der Waals surface area contributed by atoms with Crippen LogP contribution in [0.2, 0.25) is 0 Å². The van der Waals surface area contributed by atoms with Crippen molar-refractivity contribution in [3.63, 3.8) is 0 Å². The largest absolute Gasteiger partial charge is 0.305 e. The lowest BCUT2D eigenvalue weighted by Gasteiger charge is -2.04. The maximum atomic E-state index is 12.3. The molecule has 0 bridgehead atoms. The molecule has 0 atom stereocenters. The molecule has 86 valence electrons. The molecular weight excluding hydrogens is 222 g/mol. The van der Waals surface area contributed by atoms with Crippen LogP contribution in [-0.4, -0.2) is 10.4 Å². The zero-order valence-electron chi connectivity index (χ0n) is 9.97. The van der Waals surface area contributed by atoms with Gasteiger partial charge in [-0.25, -0.2) is 0 Å². The number of hydrogen-bond acceptors (Lipinski definition) is 1. The van der Waals surface area contributed by atoms with E-state index in [4.69, 9.17) is 0 Å². The van der Waals surface area contributed by atoms with Crippen molar-refractivity contribution in [3.05, 3.63) is 65.4 Å². The maximum absolute atomic E-state index is 12.3. The van der Waals surface area contributed by atoms with Gasteiger partial charge in [-0.3, -0.25) is 4.79 Å². The van der Waals surface area contributed by atoms with Crippen LogP contribution in [0.25, 0.3) is 16.6 Å². The smallest absolute Gasteiger partial charge is 0.211 e. The summed E-state index contributed by atoms with van der Waals surface area (Å²) in [7, 11) is 0. The first-order valence-corrected chi connectivity index (χ1v) is 6.02. The highest BCUT2D eigenvalue weighted by atomic mass is 16.1. The number of para-hydroxylation sites is 1. The summed E-state index contributed by atoms with van der Waals surface area (Å²) < 4.78 is 2.07. The molecule has 0 saturated heterocycles. The summed E-state index contributed by atoms with van der Waals surface area (Å²) in [5, 5.41) is 1.16. The molecule has 2 heterocycles. The van der Waals surface area contributed by atoms with Crippen LogP contribution >= 0.6 is 0 Å². The van der Waals surface area contributed by atoms with Crippen molar-refractivity contribution in [2.45, 2.75) is 6.92 Å². The number of aryl methyl sites for hydroxylation is 1. The Morgan fingerprint density at radius 1 is 1.00 bits per heavy atom. The van der Waals surface area contributed by atoms with E-state index in [9.17, 15) is 4.79 Å². The lowest BCUT2D eigenvalue weighted by Crippen LogP contribution is -1.94. The van der Waals surface area contributed by atoms with Crippen molar-refractivity contribution in [2.75, 3.05) is 0 Å². The van der Waals surface area contributed by atoms with Gasteiger partial charge in [0.2, 0.25) is 5.78 Å². The van der Waals surface area contributed by atoms with Gasteiger partial charge in [0, 0.05) is 10.9 Å². The number of benzene rings is 2. The molecule has 3 aromatic rings. The van der Waals surface area contributed by atoms with Crippen LogP contribution in [0.5, 0.6) is 0 Å². The minimum atomic E-state index is 0.126. The molecule has 0 unspecified atom stereocenters. The van der Waals surface area contributed by atoms with E-state index in [2.05, 4.69) is 23.6 Å². The summed E-state index contributed by atoms with van der Waals surface area (Å²) >= 11 is 0. The number of rotatable bonds is 0. The molecule has 0 saturated carbocycles. The Hall–Kier alpha value is -2.35. The van der Waals surface area contributed by atoms with Crippen LogP contribution < -0.4 is 0 Å². The lowest BCUT2D eigenvalue weighted by atomic mass is 10.1. The van der Waals surface area contributed by atoms with Gasteiger partial charge in [0.05, 0.1) is 16.9 Å². The number of aromatic nitrogens is 1. The molecule has 0 fully saturated rings. The minimum absolute atomic E-state index is 0.126. The molecule has 1 aliphatic rings. The first kappa shape index (κ1) is 9.66. The molecule has 0 N–H and O–H groups in total. The van der Waals surface area contributed by atoms with E-state index < -0.39 is 0 Å². The van der Waals surface area contributed by atoms with Gasteiger partial charge >= 0.3 is 0 Å². The first-order valence-electron chi connectivity index (χ1n) is 6.02. The zero-order valence-corrected chi connectivity index (χ0v) is 9.97. The van der Waals surface area contributed by atoms with Gasteiger partial charge < -0.3 is 4.57 Å². The van der Waals surface area contributed by atoms with Crippen molar-refractivity contribution >= 4 is 16.7 Å². The van der Waals surface area contributed by atoms with Gasteiger partial charge in [-0.05, 0) is 36.8 Å². The summed E-state index contributed by atoms with van der Waals surface area (Å²) in [6, 6.07) is 16.0. The fraction of sp³-hybridized carbons (Fsp3) is 0.0625. The van der Waals surface area contributed by atoms with Gasteiger partial charge in [-0.2, -0.15) is 0 Å². The predicted molar refractivity (Wildman–Crippen MR) is 71.4 cm³/mol. The Morgan fingerprint density at radius 3 is 2.72 bits per heavy atom. The van der Waals surface area contributed by atoms with Crippen molar-refractivity contribution in [2.24, 2.45) is 0 Å². The summed E-state index contributed by atoms with van der Waals surface area (Å²) in [4.78, 5) is 12.3. The topological polar surface area (TPSA) is 22.0 Å². The van der Waals surface area contributed by atoms with Gasteiger partial charge in [-0.1, -0.05) is 24.3 Å². The second-order valence-electron chi connectivity index (χ2n) is 4.72. The predicted octanol–water partition coefficient (Wildman–Crippen LogP) is 3.48. The number of carbonyl (C=O) groups excluding carboxylic acids is 1. The highest BCUT2D eigenvalue weighted by molar-refractivity contribution is 6.17. The normalized spacial score (nSPS) is 12.8. The summed E-state index contributed by atoms with van der Waals surface area (Å²) in [5.41, 5.74) is 4.90. The first-order chi connectivity index (χ1) is 8.77. The second kappa shape index (κ2) is 3.10. The highest BCUT2D eigenvalue weighted by Crippen LogP contribution is 2.34. The van der Waals surface area contributed by atoms with Gasteiger partial charge in [0.1, 0.15) is 0 Å². The minimum Gasteiger partial charge on any atom is -0.305 e. The van der Waals surface area contributed by atoms with E-state index in [1.54, 1.807) is 0 Å². The van der Waals surface area contributed by atoms with E-state index in [0.29, 0.717) is 0 Å². The van der Waals surface area contributed by atoms with Crippen LogP contribution in [0.15, 0.2) is 48.5 Å². The van der Waals surface area contributed by atoms with Crippen molar-refractivity contribution in [3.8, 4) is 5.69 Å². The van der Waals surface area contributed by atoms with Crippen molar-refractivity contribution in [1.29, 1.82) is 0 Å². The summed E-state index contributed by atoms with van der Waals surface area (Å²) in [5.74, 6) is 0.126. The lowest BCUT2D eigenvalue weighted by molar-refractivity contribution is 0.104. The van der Waals surface area contributed by atoms with Gasteiger partial charge in [0.15, 0.2) is 0 Å². The van der Waals surface area contributed by atoms with E-state index in [-0.39, 0.29) is 5.78 Å². The number of carbonyl (C=O) groups is 1. The van der Waals surface area contributed by atoms with Crippen LogP contribution in [0, 0.1) is 6.92 Å². The third kappa shape index (κ3) is 1.00. The molecule has 2 aromatic carbocycles. The maximum Gasteiger partial charge on any atom is 0.211 e. The van der Waals surface area contributed by atoms with Crippen LogP contribution in [0.3, 0.4) is 0 Å². The quantitative estimate of drug-likeness (QED) is 0.455. The molecule has 4 rings (SSSR count). The fourth-order valence-electron chi connectivity index (χ4n) is 2.80. The Morgan fingerprint density at radius 2 is 1.83 bits per heavy atom. The molecule has 18 heavy (non-hydrogen) atoms. The van der Waals surface area contributed by atoms with Crippen molar-refractivity contribution in [1.82, 2.24) is 4.57 Å². The van der Waals surface area contributed by atoms with Gasteiger partial charge in [-0.15, -0.1) is 0 Å². The highest BCUT2D eigenvalue weighted by Gasteiger charge is 2.28. The molecule has 1 aromatic heterocycles. The average Bonchev–Trinajstić information content (AvgIpc) is 2.89. The zero-order chi connectivity index (χ0) is 12.3. The Bertz CT molecular complexity index is 811. The molecule has 0 aliphatic carbocycles. The number of ketones is 1. The molecule has 2 heteroatoms. The number of hydrogen-bond donors (Lipinski definition) is 0. The van der Waals surface area contributed by atoms with E-state index in [1.807, 2.05) is 36.4 Å². The molecule has 0 radical (unpaired) electrons. The van der Waals surface area contributed by atoms with Crippen LogP contribution in [0.1, 0.15) is 21.6 Å². The Balaban J connectivity index is 2.21.